The maximum absolute atomic E-state index is 14.8. The van der Waals surface area contributed by atoms with Crippen LogP contribution in [0.1, 0.15) is 44.7 Å². The van der Waals surface area contributed by atoms with Crippen molar-refractivity contribution in [3.05, 3.63) is 95.1 Å². The number of carbonyl (C=O) groups is 3. The zero-order valence-corrected chi connectivity index (χ0v) is 20.5. The van der Waals surface area contributed by atoms with E-state index >= 15 is 0 Å². The van der Waals surface area contributed by atoms with Crippen LogP contribution >= 0.6 is 0 Å². The van der Waals surface area contributed by atoms with Gasteiger partial charge in [0.15, 0.2) is 0 Å². The van der Waals surface area contributed by atoms with Crippen LogP contribution in [0.15, 0.2) is 67.0 Å². The van der Waals surface area contributed by atoms with Crippen LogP contribution in [0.2, 0.25) is 0 Å². The van der Waals surface area contributed by atoms with Crippen LogP contribution in [0.5, 0.6) is 0 Å². The Bertz CT molecular complexity index is 1680. The summed E-state index contributed by atoms with van der Waals surface area (Å²) >= 11 is 0. The Morgan fingerprint density at radius 2 is 1.87 bits per heavy atom. The largest absolute Gasteiger partial charge is 0.480 e. The molecule has 2 aromatic carbocycles. The first-order valence-electron chi connectivity index (χ1n) is 12.1. The van der Waals surface area contributed by atoms with Crippen LogP contribution in [-0.4, -0.2) is 50.3 Å². The number of rotatable bonds is 4. The molecule has 39 heavy (non-hydrogen) atoms. The number of carboxylic acid groups (broad SMARTS) is 1. The number of nitrogens with two attached hydrogens (primary N) is 1. The van der Waals surface area contributed by atoms with E-state index in [1.807, 2.05) is 0 Å². The molecule has 194 valence electrons. The summed E-state index contributed by atoms with van der Waals surface area (Å²) in [4.78, 5) is 46.3. The van der Waals surface area contributed by atoms with Gasteiger partial charge in [-0.05, 0) is 55.3 Å². The molecule has 1 saturated heterocycles. The normalized spacial score (nSPS) is 14.5. The van der Waals surface area contributed by atoms with Crippen LogP contribution in [-0.2, 0) is 4.79 Å². The van der Waals surface area contributed by atoms with Crippen molar-refractivity contribution < 1.29 is 23.9 Å². The summed E-state index contributed by atoms with van der Waals surface area (Å²) in [5.74, 6) is 8.31. The summed E-state index contributed by atoms with van der Waals surface area (Å²) in [5.41, 5.74) is 5.17. The zero-order chi connectivity index (χ0) is 27.5. The van der Waals surface area contributed by atoms with E-state index in [1.165, 1.54) is 17.0 Å². The third-order valence-electron chi connectivity index (χ3n) is 6.52. The van der Waals surface area contributed by atoms with Crippen LogP contribution in [0.4, 0.5) is 4.39 Å². The Morgan fingerprint density at radius 1 is 1.08 bits per heavy atom. The number of amides is 2. The van der Waals surface area contributed by atoms with Crippen LogP contribution in [0.3, 0.4) is 0 Å². The van der Waals surface area contributed by atoms with Gasteiger partial charge in [0.25, 0.3) is 11.8 Å². The van der Waals surface area contributed by atoms with Crippen molar-refractivity contribution in [3.63, 3.8) is 0 Å². The van der Waals surface area contributed by atoms with Gasteiger partial charge >= 0.3 is 5.97 Å². The fraction of sp³-hybridized carbons (Fsp3) is 0.138. The summed E-state index contributed by atoms with van der Waals surface area (Å²) in [7, 11) is 0. The van der Waals surface area contributed by atoms with Crippen molar-refractivity contribution in [1.82, 2.24) is 20.3 Å². The van der Waals surface area contributed by atoms with E-state index in [4.69, 9.17) is 5.84 Å². The number of aliphatic carboxylic acids is 1. The highest BCUT2D eigenvalue weighted by atomic mass is 19.1. The number of hydrogen-bond donors (Lipinski definition) is 3. The fourth-order valence-electron chi connectivity index (χ4n) is 4.53. The average molecular weight is 524 g/mol. The number of aromatic nitrogens is 2. The lowest BCUT2D eigenvalue weighted by atomic mass is 10.0. The topological polar surface area (TPSA) is 139 Å². The molecule has 0 saturated carbocycles. The summed E-state index contributed by atoms with van der Waals surface area (Å²) in [6, 6.07) is 13.5. The first-order valence-corrected chi connectivity index (χ1v) is 12.1. The minimum absolute atomic E-state index is 0.0805. The molecule has 2 aromatic heterocycles. The number of nitrogens with one attached hydrogen (secondary N) is 1. The Morgan fingerprint density at radius 3 is 2.59 bits per heavy atom. The number of halogens is 1. The summed E-state index contributed by atoms with van der Waals surface area (Å²) in [5, 5.41) is 9.88. The average Bonchev–Trinajstić information content (AvgIpc) is 3.46. The molecule has 4 N–H and O–H groups in total. The Balaban J connectivity index is 1.36. The number of likely N-dealkylation sites (tertiary alicyclic amines) is 1. The molecule has 1 unspecified atom stereocenters. The number of nitrogen functional groups attached to an aromatic ring is 1. The second kappa shape index (κ2) is 10.7. The van der Waals surface area contributed by atoms with Gasteiger partial charge < -0.3 is 10.0 Å². The summed E-state index contributed by atoms with van der Waals surface area (Å²) < 4.78 is 14.8. The second-order valence-electron chi connectivity index (χ2n) is 8.94. The number of benzene rings is 2. The molecule has 0 aliphatic carbocycles. The molecule has 0 spiro atoms. The molecule has 5 rings (SSSR count). The highest BCUT2D eigenvalue weighted by molar-refractivity contribution is 6.06. The molecule has 4 aromatic rings. The number of pyridine rings is 2. The molecule has 9 nitrogen and oxygen atoms in total. The molecule has 1 aliphatic rings. The van der Waals surface area contributed by atoms with Gasteiger partial charge in [0, 0.05) is 41.0 Å². The van der Waals surface area contributed by atoms with Crippen molar-refractivity contribution in [3.8, 4) is 23.1 Å². The minimum atomic E-state index is -1.06. The number of nitrogens with zero attached hydrogens (tertiary/aromatic N) is 3. The third kappa shape index (κ3) is 5.16. The number of hydrazine groups is 1. The smallest absolute Gasteiger partial charge is 0.326 e. The molecule has 1 aliphatic heterocycles. The lowest BCUT2D eigenvalue weighted by Gasteiger charge is -2.21. The predicted molar refractivity (Wildman–Crippen MR) is 141 cm³/mol. The van der Waals surface area contributed by atoms with Gasteiger partial charge in [0.1, 0.15) is 11.9 Å². The van der Waals surface area contributed by atoms with Crippen molar-refractivity contribution in [2.24, 2.45) is 5.84 Å². The van der Waals surface area contributed by atoms with Crippen molar-refractivity contribution in [1.29, 1.82) is 0 Å². The quantitative estimate of drug-likeness (QED) is 0.162. The lowest BCUT2D eigenvalue weighted by Crippen LogP contribution is -2.40. The van der Waals surface area contributed by atoms with Gasteiger partial charge in [-0.2, -0.15) is 0 Å². The van der Waals surface area contributed by atoms with Crippen LogP contribution in [0, 0.1) is 17.7 Å². The molecule has 10 heteroatoms. The van der Waals surface area contributed by atoms with E-state index in [9.17, 15) is 23.9 Å². The highest BCUT2D eigenvalue weighted by Crippen LogP contribution is 2.25. The maximum Gasteiger partial charge on any atom is 0.326 e. The second-order valence-corrected chi connectivity index (χ2v) is 8.94. The van der Waals surface area contributed by atoms with Gasteiger partial charge in [0.2, 0.25) is 0 Å². The van der Waals surface area contributed by atoms with Gasteiger partial charge in [-0.3, -0.25) is 20.0 Å². The molecule has 2 amide bonds. The predicted octanol–water partition coefficient (Wildman–Crippen LogP) is 3.13. The molecular formula is C29H22FN5O4. The third-order valence-corrected chi connectivity index (χ3v) is 6.52. The first-order chi connectivity index (χ1) is 18.9. The molecule has 0 bridgehead atoms. The van der Waals surface area contributed by atoms with Gasteiger partial charge in [-0.15, -0.1) is 0 Å². The summed E-state index contributed by atoms with van der Waals surface area (Å²) in [6.45, 7) is 0.322. The van der Waals surface area contributed by atoms with E-state index in [1.54, 1.807) is 48.8 Å². The number of hydrogen-bond acceptors (Lipinski definition) is 6. The van der Waals surface area contributed by atoms with Gasteiger partial charge in [-0.1, -0.05) is 24.0 Å². The van der Waals surface area contributed by atoms with Crippen molar-refractivity contribution >= 4 is 28.7 Å². The molecule has 1 fully saturated rings. The lowest BCUT2D eigenvalue weighted by molar-refractivity contribution is -0.141. The van der Waals surface area contributed by atoms with Gasteiger partial charge in [-0.25, -0.2) is 20.0 Å². The standard InChI is InChI=1S/C29H22FN5O4/c30-23-14-20(28(37)35-13-1-2-26(35)29(38)39)10-9-18(23)6-3-17-4-7-19(8-5-17)25-15-21(27(36)34-31)22-16-32-12-11-24(22)33-25/h4-5,7-12,14-16,26H,1-2,13,31H2,(H,34,36)(H,38,39). The Hall–Kier alpha value is -5.14. The fourth-order valence-corrected chi connectivity index (χ4v) is 4.53. The molecule has 1 atom stereocenters. The van der Waals surface area contributed by atoms with E-state index in [0.717, 1.165) is 11.6 Å². The minimum Gasteiger partial charge on any atom is -0.480 e. The van der Waals surface area contributed by atoms with Crippen molar-refractivity contribution in [2.45, 2.75) is 18.9 Å². The molecule has 3 heterocycles. The van der Waals surface area contributed by atoms with E-state index in [-0.39, 0.29) is 11.1 Å². The van der Waals surface area contributed by atoms with Crippen molar-refractivity contribution in [2.75, 3.05) is 6.54 Å². The number of carboxylic acids is 1. The van der Waals surface area contributed by atoms with E-state index < -0.39 is 29.6 Å². The molecule has 0 radical (unpaired) electrons. The van der Waals surface area contributed by atoms with E-state index in [2.05, 4.69) is 27.2 Å². The monoisotopic (exact) mass is 523 g/mol. The SMILES string of the molecule is NNC(=O)c1cc(-c2ccc(C#Cc3ccc(C(=O)N4CCCC4C(=O)O)cc3F)cc2)nc2ccncc12. The highest BCUT2D eigenvalue weighted by Gasteiger charge is 2.34. The van der Waals surface area contributed by atoms with Crippen LogP contribution < -0.4 is 11.3 Å². The van der Waals surface area contributed by atoms with E-state index in [0.29, 0.717) is 47.1 Å². The Kier molecular flexibility index (Phi) is 6.99. The van der Waals surface area contributed by atoms with Crippen LogP contribution in [0.25, 0.3) is 22.2 Å². The van der Waals surface area contributed by atoms with Gasteiger partial charge in [0.05, 0.1) is 22.3 Å². The maximum atomic E-state index is 14.8. The number of carbonyl (C=O) groups excluding carboxylic acids is 2. The first kappa shape index (κ1) is 25.5. The zero-order valence-electron chi connectivity index (χ0n) is 20.5. The Labute approximate surface area is 222 Å². The molecular weight excluding hydrogens is 501 g/mol. The summed E-state index contributed by atoms with van der Waals surface area (Å²) in [6.07, 6.45) is 4.11. The number of fused-ring (bicyclic) bond motifs is 1.